The Morgan fingerprint density at radius 1 is 1.22 bits per heavy atom. The highest BCUT2D eigenvalue weighted by Crippen LogP contribution is 2.31. The van der Waals surface area contributed by atoms with Crippen LogP contribution >= 0.6 is 23.2 Å². The lowest BCUT2D eigenvalue weighted by molar-refractivity contribution is -0.131. The second-order valence-electron chi connectivity index (χ2n) is 3.66. The third-order valence-electron chi connectivity index (χ3n) is 2.27. The second-order valence-corrected chi connectivity index (χ2v) is 4.44. The molecule has 2 rings (SSSR count). The molecule has 0 amide bonds. The number of esters is 1. The van der Waals surface area contributed by atoms with Gasteiger partial charge in [0.25, 0.3) is 0 Å². The molecule has 91 valence electrons. The summed E-state index contributed by atoms with van der Waals surface area (Å²) in [5, 5.41) is 0.891. The number of carbonyl (C=O) groups is 1. The maximum Gasteiger partial charge on any atom is 0.308 e. The van der Waals surface area contributed by atoms with Gasteiger partial charge < -0.3 is 4.74 Å². The van der Waals surface area contributed by atoms with Gasteiger partial charge in [0.1, 0.15) is 5.75 Å². The van der Waals surface area contributed by atoms with E-state index in [9.17, 15) is 4.79 Å². The van der Waals surface area contributed by atoms with E-state index in [0.29, 0.717) is 15.8 Å². The normalized spacial score (nSPS) is 10.2. The van der Waals surface area contributed by atoms with Crippen molar-refractivity contribution in [3.63, 3.8) is 0 Å². The van der Waals surface area contributed by atoms with Gasteiger partial charge in [-0.3, -0.25) is 4.79 Å². The summed E-state index contributed by atoms with van der Waals surface area (Å²) in [5.74, 6) is 0.118. The Morgan fingerprint density at radius 3 is 2.67 bits per heavy atom. The van der Waals surface area contributed by atoms with Gasteiger partial charge in [-0.25, -0.2) is 0 Å². The minimum absolute atomic E-state index is 0.360. The predicted molar refractivity (Wildman–Crippen MR) is 72.0 cm³/mol. The number of hydrogen-bond donors (Lipinski definition) is 0. The number of carbonyl (C=O) groups excluding carboxylic acids is 1. The molecule has 0 aromatic heterocycles. The monoisotopic (exact) mass is 279 g/mol. The van der Waals surface area contributed by atoms with Crippen LogP contribution in [0.2, 0.25) is 10.0 Å². The van der Waals surface area contributed by atoms with E-state index >= 15 is 0 Å². The van der Waals surface area contributed by atoms with Crippen molar-refractivity contribution in [2.24, 2.45) is 0 Å². The summed E-state index contributed by atoms with van der Waals surface area (Å²) in [6, 6.07) is 13.4. The van der Waals surface area contributed by atoms with Crippen molar-refractivity contribution in [1.29, 1.82) is 0 Å². The van der Waals surface area contributed by atoms with Crippen LogP contribution in [0.25, 0.3) is 11.1 Å². The first-order valence-corrected chi connectivity index (χ1v) is 5.98. The maximum atomic E-state index is 10.9. The minimum atomic E-state index is -0.360. The molecule has 0 fully saturated rings. The molecule has 0 aliphatic rings. The van der Waals surface area contributed by atoms with Crippen molar-refractivity contribution in [3.05, 3.63) is 52.5 Å². The highest BCUT2D eigenvalue weighted by Gasteiger charge is 2.06. The fourth-order valence-corrected chi connectivity index (χ4v) is 2.04. The first-order chi connectivity index (χ1) is 8.56. The fraction of sp³-hybridized carbons (Fsp3) is 0.0714. The van der Waals surface area contributed by atoms with Crippen molar-refractivity contribution in [1.82, 2.24) is 0 Å². The second kappa shape index (κ2) is 5.42. The Morgan fingerprint density at radius 2 is 2.00 bits per heavy atom. The van der Waals surface area contributed by atoms with E-state index < -0.39 is 0 Å². The molecule has 0 aliphatic carbocycles. The van der Waals surface area contributed by atoms with Crippen molar-refractivity contribution in [3.8, 4) is 16.9 Å². The third kappa shape index (κ3) is 3.03. The van der Waals surface area contributed by atoms with E-state index in [1.54, 1.807) is 30.3 Å². The van der Waals surface area contributed by atoms with Crippen molar-refractivity contribution in [2.45, 2.75) is 6.92 Å². The average Bonchev–Trinajstić information content (AvgIpc) is 2.28. The van der Waals surface area contributed by atoms with E-state index in [0.717, 1.165) is 11.1 Å². The molecule has 18 heavy (non-hydrogen) atoms. The standard InChI is InChI=1S/C14H9Cl2O2/c1-9(17)18-12-4-2-3-10(7-12)13-6-5-11(15)8-14(13)16/h2-7H,1H3. The summed E-state index contributed by atoms with van der Waals surface area (Å²) in [6.07, 6.45) is 0. The van der Waals surface area contributed by atoms with Gasteiger partial charge in [-0.2, -0.15) is 0 Å². The summed E-state index contributed by atoms with van der Waals surface area (Å²) < 4.78 is 5.02. The van der Waals surface area contributed by atoms with Gasteiger partial charge in [0.15, 0.2) is 0 Å². The summed E-state index contributed by atoms with van der Waals surface area (Å²) in [6.45, 7) is 1.36. The molecule has 0 N–H and O–H groups in total. The highest BCUT2D eigenvalue weighted by atomic mass is 35.5. The molecule has 0 spiro atoms. The topological polar surface area (TPSA) is 26.3 Å². The zero-order valence-electron chi connectivity index (χ0n) is 9.54. The molecular formula is C14H9Cl2O2. The Bertz CT molecular complexity index is 594. The van der Waals surface area contributed by atoms with E-state index in [-0.39, 0.29) is 5.97 Å². The smallest absolute Gasteiger partial charge is 0.308 e. The van der Waals surface area contributed by atoms with Gasteiger partial charge in [-0.15, -0.1) is 0 Å². The van der Waals surface area contributed by atoms with E-state index in [2.05, 4.69) is 6.07 Å². The summed E-state index contributed by atoms with van der Waals surface area (Å²) >= 11 is 11.9. The third-order valence-corrected chi connectivity index (χ3v) is 2.79. The summed E-state index contributed by atoms with van der Waals surface area (Å²) in [7, 11) is 0. The fourth-order valence-electron chi connectivity index (χ4n) is 1.56. The molecule has 0 unspecified atom stereocenters. The minimum Gasteiger partial charge on any atom is -0.427 e. The Balaban J connectivity index is 2.41. The van der Waals surface area contributed by atoms with Crippen LogP contribution < -0.4 is 4.74 Å². The van der Waals surface area contributed by atoms with Crippen LogP contribution in [0.3, 0.4) is 0 Å². The summed E-state index contributed by atoms with van der Waals surface area (Å²) in [5.41, 5.74) is 1.63. The lowest BCUT2D eigenvalue weighted by atomic mass is 10.1. The highest BCUT2D eigenvalue weighted by molar-refractivity contribution is 6.36. The SMILES string of the molecule is CC(=O)Oc1cccc(-c2ccc(Cl)[c]c2Cl)c1. The van der Waals surface area contributed by atoms with E-state index in [1.165, 1.54) is 6.92 Å². The van der Waals surface area contributed by atoms with E-state index in [4.69, 9.17) is 27.9 Å². The molecule has 2 aromatic carbocycles. The van der Waals surface area contributed by atoms with Crippen molar-refractivity contribution < 1.29 is 9.53 Å². The molecule has 0 saturated carbocycles. The van der Waals surface area contributed by atoms with E-state index in [1.807, 2.05) is 6.07 Å². The molecule has 0 atom stereocenters. The molecular weight excluding hydrogens is 271 g/mol. The lowest BCUT2D eigenvalue weighted by Crippen LogP contribution is -2.01. The van der Waals surface area contributed by atoms with Crippen molar-refractivity contribution in [2.75, 3.05) is 0 Å². The maximum absolute atomic E-state index is 10.9. The van der Waals surface area contributed by atoms with Crippen LogP contribution in [0.5, 0.6) is 5.75 Å². The van der Waals surface area contributed by atoms with Gasteiger partial charge in [0, 0.05) is 18.6 Å². The van der Waals surface area contributed by atoms with Gasteiger partial charge in [-0.1, -0.05) is 41.4 Å². The van der Waals surface area contributed by atoms with Crippen LogP contribution in [-0.2, 0) is 4.79 Å². The molecule has 0 aliphatic heterocycles. The van der Waals surface area contributed by atoms with Crippen LogP contribution in [0.4, 0.5) is 0 Å². The lowest BCUT2D eigenvalue weighted by Gasteiger charge is -2.07. The molecule has 1 radical (unpaired) electrons. The summed E-state index contributed by atoms with van der Waals surface area (Å²) in [4.78, 5) is 10.9. The predicted octanol–water partition coefficient (Wildman–Crippen LogP) is 4.39. The average molecular weight is 280 g/mol. The van der Waals surface area contributed by atoms with Crippen LogP contribution in [-0.4, -0.2) is 5.97 Å². The molecule has 4 heteroatoms. The zero-order chi connectivity index (χ0) is 13.1. The molecule has 0 saturated heterocycles. The molecule has 2 aromatic rings. The Hall–Kier alpha value is -1.51. The number of rotatable bonds is 2. The number of halogens is 2. The first kappa shape index (κ1) is 12.9. The quantitative estimate of drug-likeness (QED) is 0.602. The van der Waals surface area contributed by atoms with Gasteiger partial charge >= 0.3 is 5.97 Å². The van der Waals surface area contributed by atoms with Gasteiger partial charge in [0.2, 0.25) is 0 Å². The number of hydrogen-bond acceptors (Lipinski definition) is 2. The van der Waals surface area contributed by atoms with Crippen LogP contribution in [0.1, 0.15) is 6.92 Å². The zero-order valence-corrected chi connectivity index (χ0v) is 11.0. The molecule has 2 nitrogen and oxygen atoms in total. The Labute approximate surface area is 115 Å². The van der Waals surface area contributed by atoms with Gasteiger partial charge in [0.05, 0.1) is 10.0 Å². The molecule has 0 bridgehead atoms. The molecule has 0 heterocycles. The Kier molecular flexibility index (Phi) is 3.90. The van der Waals surface area contributed by atoms with Crippen LogP contribution in [0.15, 0.2) is 36.4 Å². The number of benzene rings is 2. The van der Waals surface area contributed by atoms with Crippen LogP contribution in [0, 0.1) is 6.07 Å². The first-order valence-electron chi connectivity index (χ1n) is 5.22. The largest absolute Gasteiger partial charge is 0.427 e. The van der Waals surface area contributed by atoms with Gasteiger partial charge in [-0.05, 0) is 23.8 Å². The van der Waals surface area contributed by atoms with Crippen molar-refractivity contribution >= 4 is 29.2 Å². The number of ether oxygens (including phenoxy) is 1.